The van der Waals surface area contributed by atoms with Crippen molar-refractivity contribution in [1.29, 1.82) is 0 Å². The third-order valence-corrected chi connectivity index (χ3v) is 4.27. The third kappa shape index (κ3) is 7.23. The summed E-state index contributed by atoms with van der Waals surface area (Å²) in [6, 6.07) is 10.0. The first kappa shape index (κ1) is 26.1. The van der Waals surface area contributed by atoms with E-state index in [4.69, 9.17) is 9.47 Å². The lowest BCUT2D eigenvalue weighted by Gasteiger charge is -2.13. The molecule has 0 bridgehead atoms. The Morgan fingerprint density at radius 1 is 0.929 bits per heavy atom. The van der Waals surface area contributed by atoms with Crippen molar-refractivity contribution in [2.24, 2.45) is 0 Å². The second-order valence-electron chi connectivity index (χ2n) is 6.44. The zero-order valence-electron chi connectivity index (χ0n) is 17.0. The summed E-state index contributed by atoms with van der Waals surface area (Å²) in [6.45, 7) is 7.07. The van der Waals surface area contributed by atoms with Gasteiger partial charge in [0, 0.05) is 5.69 Å². The lowest BCUT2D eigenvalue weighted by molar-refractivity contribution is -0.115. The Balaban J connectivity index is 0.00000364. The van der Waals surface area contributed by atoms with E-state index in [1.165, 1.54) is 5.56 Å². The van der Waals surface area contributed by atoms with Crippen LogP contribution >= 0.6 is 24.8 Å². The molecule has 1 amide bonds. The van der Waals surface area contributed by atoms with Crippen LogP contribution in [0.5, 0.6) is 11.5 Å². The molecular weight excluding hydrogens is 399 g/mol. The number of hydrogen-bond acceptors (Lipinski definition) is 4. The molecule has 0 aromatic heterocycles. The molecule has 0 spiro atoms. The van der Waals surface area contributed by atoms with Crippen LogP contribution in [0.1, 0.15) is 22.3 Å². The van der Waals surface area contributed by atoms with Crippen molar-refractivity contribution in [2.45, 2.75) is 27.2 Å². The number of benzene rings is 2. The molecule has 5 nitrogen and oxygen atoms in total. The average molecular weight is 429 g/mol. The second kappa shape index (κ2) is 12.5. The van der Waals surface area contributed by atoms with Crippen LogP contribution in [0.25, 0.3) is 0 Å². The predicted octanol–water partition coefficient (Wildman–Crippen LogP) is 4.24. The van der Waals surface area contributed by atoms with Crippen LogP contribution in [0.4, 0.5) is 5.69 Å². The Morgan fingerprint density at radius 2 is 1.54 bits per heavy atom. The summed E-state index contributed by atoms with van der Waals surface area (Å²) in [5, 5.41) is 6.19. The largest absolute Gasteiger partial charge is 0.493 e. The van der Waals surface area contributed by atoms with Crippen LogP contribution in [0.3, 0.4) is 0 Å². The van der Waals surface area contributed by atoms with Gasteiger partial charge in [-0.15, -0.1) is 24.8 Å². The Labute approximate surface area is 180 Å². The Bertz CT molecular complexity index is 759. The number of carbonyl (C=O) groups is 1. The quantitative estimate of drug-likeness (QED) is 0.617. The van der Waals surface area contributed by atoms with Crippen molar-refractivity contribution in [1.82, 2.24) is 5.32 Å². The summed E-state index contributed by atoms with van der Waals surface area (Å²) in [6.07, 6.45) is 0.802. The molecule has 0 heterocycles. The van der Waals surface area contributed by atoms with Crippen molar-refractivity contribution in [3.8, 4) is 11.5 Å². The first-order chi connectivity index (χ1) is 12.4. The first-order valence-electron chi connectivity index (χ1n) is 8.74. The van der Waals surface area contributed by atoms with E-state index >= 15 is 0 Å². The van der Waals surface area contributed by atoms with Gasteiger partial charge in [-0.1, -0.05) is 23.8 Å². The highest BCUT2D eigenvalue weighted by Crippen LogP contribution is 2.27. The maximum atomic E-state index is 12.2. The van der Waals surface area contributed by atoms with Gasteiger partial charge < -0.3 is 20.1 Å². The molecule has 0 aliphatic rings. The fourth-order valence-electron chi connectivity index (χ4n) is 3.03. The molecule has 0 aliphatic heterocycles. The van der Waals surface area contributed by atoms with Crippen LogP contribution in [0.2, 0.25) is 0 Å². The number of carbonyl (C=O) groups excluding carboxylic acids is 1. The van der Waals surface area contributed by atoms with Gasteiger partial charge in [0.25, 0.3) is 0 Å². The molecule has 2 rings (SSSR count). The molecule has 2 aromatic carbocycles. The summed E-state index contributed by atoms with van der Waals surface area (Å²) < 4.78 is 10.5. The maximum absolute atomic E-state index is 12.2. The summed E-state index contributed by atoms with van der Waals surface area (Å²) in [5.74, 6) is 1.40. The highest BCUT2D eigenvalue weighted by atomic mass is 35.5. The molecule has 0 unspecified atom stereocenters. The van der Waals surface area contributed by atoms with Crippen molar-refractivity contribution in [3.05, 3.63) is 52.6 Å². The normalized spacial score (nSPS) is 9.75. The topological polar surface area (TPSA) is 59.6 Å². The molecule has 2 aromatic rings. The number of methoxy groups -OCH3 is 2. The molecule has 0 radical (unpaired) electrons. The van der Waals surface area contributed by atoms with E-state index in [1.54, 1.807) is 14.2 Å². The summed E-state index contributed by atoms with van der Waals surface area (Å²) in [7, 11) is 3.24. The van der Waals surface area contributed by atoms with Gasteiger partial charge in [0.1, 0.15) is 0 Å². The lowest BCUT2D eigenvalue weighted by Crippen LogP contribution is -2.30. The minimum absolute atomic E-state index is 0. The molecule has 28 heavy (non-hydrogen) atoms. The van der Waals surface area contributed by atoms with E-state index in [0.717, 1.165) is 28.8 Å². The van der Waals surface area contributed by atoms with Crippen LogP contribution in [-0.4, -0.2) is 33.2 Å². The predicted molar refractivity (Wildman–Crippen MR) is 120 cm³/mol. The minimum Gasteiger partial charge on any atom is -0.493 e. The second-order valence-corrected chi connectivity index (χ2v) is 6.44. The van der Waals surface area contributed by atoms with Gasteiger partial charge in [0.05, 0.1) is 20.8 Å². The number of ether oxygens (including phenoxy) is 2. The van der Waals surface area contributed by atoms with Crippen molar-refractivity contribution >= 4 is 36.4 Å². The minimum atomic E-state index is -0.0348. The standard InChI is InChI=1S/C21H28N2O3.2ClH/c1-14-10-15(2)21(16(3)11-14)23-20(24)13-22-9-8-17-6-7-18(25-4)19(12-17)26-5;;/h6-7,10-12,22H,8-9,13H2,1-5H3,(H,23,24);2*1H. The molecule has 0 fully saturated rings. The van der Waals surface area contributed by atoms with Crippen molar-refractivity contribution in [3.63, 3.8) is 0 Å². The summed E-state index contributed by atoms with van der Waals surface area (Å²) in [4.78, 5) is 12.2. The summed E-state index contributed by atoms with van der Waals surface area (Å²) in [5.41, 5.74) is 5.40. The first-order valence-corrected chi connectivity index (χ1v) is 8.74. The monoisotopic (exact) mass is 428 g/mol. The zero-order chi connectivity index (χ0) is 19.1. The molecule has 0 aliphatic carbocycles. The van der Waals surface area contributed by atoms with E-state index in [9.17, 15) is 4.79 Å². The molecule has 0 atom stereocenters. The average Bonchev–Trinajstić information content (AvgIpc) is 2.61. The Morgan fingerprint density at radius 3 is 2.11 bits per heavy atom. The van der Waals surface area contributed by atoms with Crippen molar-refractivity contribution < 1.29 is 14.3 Å². The highest BCUT2D eigenvalue weighted by molar-refractivity contribution is 5.93. The van der Waals surface area contributed by atoms with E-state index in [0.29, 0.717) is 18.0 Å². The smallest absolute Gasteiger partial charge is 0.238 e. The molecule has 0 saturated heterocycles. The van der Waals surface area contributed by atoms with Gasteiger partial charge >= 0.3 is 0 Å². The molecule has 0 saturated carbocycles. The van der Waals surface area contributed by atoms with Crippen LogP contribution < -0.4 is 20.1 Å². The van der Waals surface area contributed by atoms with Gasteiger partial charge in [-0.05, 0) is 62.6 Å². The van der Waals surface area contributed by atoms with Crippen LogP contribution in [0, 0.1) is 20.8 Å². The SMILES string of the molecule is COc1ccc(CCNCC(=O)Nc2c(C)cc(C)cc2C)cc1OC.Cl.Cl. The zero-order valence-corrected chi connectivity index (χ0v) is 18.7. The Kier molecular flexibility index (Phi) is 11.6. The fourth-order valence-corrected chi connectivity index (χ4v) is 3.03. The lowest BCUT2D eigenvalue weighted by atomic mass is 10.1. The number of hydrogen-bond donors (Lipinski definition) is 2. The van der Waals surface area contributed by atoms with E-state index in [1.807, 2.05) is 32.0 Å². The molecular formula is C21H30Cl2N2O3. The van der Waals surface area contributed by atoms with E-state index in [2.05, 4.69) is 29.7 Å². The van der Waals surface area contributed by atoms with Gasteiger partial charge in [-0.3, -0.25) is 4.79 Å². The number of anilines is 1. The number of aryl methyl sites for hydroxylation is 3. The van der Waals surface area contributed by atoms with Crippen LogP contribution in [-0.2, 0) is 11.2 Å². The molecule has 2 N–H and O–H groups in total. The van der Waals surface area contributed by atoms with Crippen molar-refractivity contribution in [2.75, 3.05) is 32.6 Å². The number of halogens is 2. The van der Waals surface area contributed by atoms with E-state index in [-0.39, 0.29) is 37.3 Å². The summed E-state index contributed by atoms with van der Waals surface area (Å²) >= 11 is 0. The molecule has 7 heteroatoms. The highest BCUT2D eigenvalue weighted by Gasteiger charge is 2.08. The van der Waals surface area contributed by atoms with Gasteiger partial charge in [-0.2, -0.15) is 0 Å². The maximum Gasteiger partial charge on any atom is 0.238 e. The number of rotatable bonds is 8. The number of amides is 1. The van der Waals surface area contributed by atoms with E-state index < -0.39 is 0 Å². The Hall–Kier alpha value is -1.95. The van der Waals surface area contributed by atoms with Gasteiger partial charge in [0.15, 0.2) is 11.5 Å². The van der Waals surface area contributed by atoms with Gasteiger partial charge in [0.2, 0.25) is 5.91 Å². The fraction of sp³-hybridized carbons (Fsp3) is 0.381. The van der Waals surface area contributed by atoms with Crippen LogP contribution in [0.15, 0.2) is 30.3 Å². The number of nitrogens with one attached hydrogen (secondary N) is 2. The molecule has 156 valence electrons. The van der Waals surface area contributed by atoms with Gasteiger partial charge in [-0.25, -0.2) is 0 Å². The third-order valence-electron chi connectivity index (χ3n) is 4.27.